The standard InChI is InChI=1S/C13H22N2O3/c1-10-5-14-12(17-10)7-15-6-11(8-16-4)18-13(2,3)9-15/h5,11H,6-9H2,1-4H3. The van der Waals surface area contributed by atoms with E-state index in [2.05, 4.69) is 23.7 Å². The average Bonchev–Trinajstić information content (AvgIpc) is 2.61. The Morgan fingerprint density at radius 1 is 1.56 bits per heavy atom. The summed E-state index contributed by atoms with van der Waals surface area (Å²) in [6.07, 6.45) is 1.86. The van der Waals surface area contributed by atoms with E-state index in [1.165, 1.54) is 0 Å². The first-order valence-electron chi connectivity index (χ1n) is 6.29. The number of morpholine rings is 1. The molecule has 0 saturated carbocycles. The minimum Gasteiger partial charge on any atom is -0.445 e. The Balaban J connectivity index is 1.98. The molecule has 0 aromatic carbocycles. The minimum absolute atomic E-state index is 0.106. The fourth-order valence-electron chi connectivity index (χ4n) is 2.48. The topological polar surface area (TPSA) is 47.7 Å². The van der Waals surface area contributed by atoms with E-state index in [1.54, 1.807) is 13.3 Å². The largest absolute Gasteiger partial charge is 0.445 e. The molecule has 1 aromatic heterocycles. The molecular formula is C13H22N2O3. The third-order valence-corrected chi connectivity index (χ3v) is 2.93. The number of ether oxygens (including phenoxy) is 2. The van der Waals surface area contributed by atoms with Crippen LogP contribution in [0.25, 0.3) is 0 Å². The number of aryl methyl sites for hydroxylation is 1. The first kappa shape index (κ1) is 13.5. The van der Waals surface area contributed by atoms with Crippen LogP contribution in [0.5, 0.6) is 0 Å². The van der Waals surface area contributed by atoms with Crippen LogP contribution in [-0.4, -0.2) is 48.4 Å². The number of rotatable bonds is 4. The highest BCUT2D eigenvalue weighted by Crippen LogP contribution is 2.22. The second-order valence-corrected chi connectivity index (χ2v) is 5.49. The van der Waals surface area contributed by atoms with Gasteiger partial charge < -0.3 is 13.9 Å². The molecule has 0 radical (unpaired) electrons. The van der Waals surface area contributed by atoms with Crippen molar-refractivity contribution in [1.29, 1.82) is 0 Å². The van der Waals surface area contributed by atoms with Crippen molar-refractivity contribution in [2.24, 2.45) is 0 Å². The summed E-state index contributed by atoms with van der Waals surface area (Å²) < 4.78 is 16.7. The molecule has 1 aliphatic rings. The van der Waals surface area contributed by atoms with Gasteiger partial charge in [-0.15, -0.1) is 0 Å². The van der Waals surface area contributed by atoms with Gasteiger partial charge in [0.1, 0.15) is 5.76 Å². The highest BCUT2D eigenvalue weighted by atomic mass is 16.5. The molecule has 2 heterocycles. The van der Waals surface area contributed by atoms with Crippen LogP contribution < -0.4 is 0 Å². The van der Waals surface area contributed by atoms with Crippen molar-refractivity contribution in [1.82, 2.24) is 9.88 Å². The zero-order valence-corrected chi connectivity index (χ0v) is 11.6. The van der Waals surface area contributed by atoms with Crippen molar-refractivity contribution in [3.05, 3.63) is 17.8 Å². The van der Waals surface area contributed by atoms with Crippen LogP contribution in [0.1, 0.15) is 25.5 Å². The van der Waals surface area contributed by atoms with Crippen LogP contribution in [0.4, 0.5) is 0 Å². The van der Waals surface area contributed by atoms with Gasteiger partial charge in [0.05, 0.1) is 31.1 Å². The van der Waals surface area contributed by atoms with Gasteiger partial charge in [0.15, 0.2) is 0 Å². The SMILES string of the molecule is COCC1CN(Cc2ncc(C)o2)CC(C)(C)O1. The lowest BCUT2D eigenvalue weighted by Crippen LogP contribution is -2.53. The van der Waals surface area contributed by atoms with Crippen LogP contribution in [0.3, 0.4) is 0 Å². The summed E-state index contributed by atoms with van der Waals surface area (Å²) in [5.41, 5.74) is -0.164. The van der Waals surface area contributed by atoms with Crippen molar-refractivity contribution < 1.29 is 13.9 Å². The van der Waals surface area contributed by atoms with Crippen LogP contribution in [0.2, 0.25) is 0 Å². The average molecular weight is 254 g/mol. The molecule has 1 atom stereocenters. The molecule has 1 aliphatic heterocycles. The quantitative estimate of drug-likeness (QED) is 0.817. The fraction of sp³-hybridized carbons (Fsp3) is 0.769. The van der Waals surface area contributed by atoms with E-state index in [0.29, 0.717) is 6.61 Å². The number of hydrogen-bond donors (Lipinski definition) is 0. The molecule has 2 rings (SSSR count). The Kier molecular flexibility index (Phi) is 4.04. The summed E-state index contributed by atoms with van der Waals surface area (Å²) in [6, 6.07) is 0. The summed E-state index contributed by atoms with van der Waals surface area (Å²) in [7, 11) is 1.70. The second kappa shape index (κ2) is 5.38. The minimum atomic E-state index is -0.164. The van der Waals surface area contributed by atoms with E-state index in [-0.39, 0.29) is 11.7 Å². The van der Waals surface area contributed by atoms with Crippen molar-refractivity contribution in [3.8, 4) is 0 Å². The Morgan fingerprint density at radius 2 is 2.33 bits per heavy atom. The maximum atomic E-state index is 5.97. The molecule has 0 amide bonds. The summed E-state index contributed by atoms with van der Waals surface area (Å²) in [6.45, 7) is 9.16. The highest BCUT2D eigenvalue weighted by molar-refractivity contribution is 4.92. The molecule has 0 aliphatic carbocycles. The van der Waals surface area contributed by atoms with E-state index >= 15 is 0 Å². The van der Waals surface area contributed by atoms with Gasteiger partial charge in [0.2, 0.25) is 5.89 Å². The lowest BCUT2D eigenvalue weighted by Gasteiger charge is -2.42. The summed E-state index contributed by atoms with van der Waals surface area (Å²) in [5.74, 6) is 1.62. The van der Waals surface area contributed by atoms with Crippen LogP contribution in [0.15, 0.2) is 10.6 Å². The van der Waals surface area contributed by atoms with Gasteiger partial charge in [-0.2, -0.15) is 0 Å². The molecular weight excluding hydrogens is 232 g/mol. The molecule has 0 N–H and O–H groups in total. The molecule has 102 valence electrons. The van der Waals surface area contributed by atoms with Crippen LogP contribution in [-0.2, 0) is 16.0 Å². The Morgan fingerprint density at radius 3 is 2.94 bits per heavy atom. The van der Waals surface area contributed by atoms with Gasteiger partial charge in [-0.25, -0.2) is 4.98 Å². The summed E-state index contributed by atoms with van der Waals surface area (Å²) in [4.78, 5) is 6.55. The van der Waals surface area contributed by atoms with E-state index < -0.39 is 0 Å². The van der Waals surface area contributed by atoms with Gasteiger partial charge in [-0.3, -0.25) is 4.90 Å². The molecule has 0 spiro atoms. The van der Waals surface area contributed by atoms with Crippen molar-refractivity contribution in [3.63, 3.8) is 0 Å². The van der Waals surface area contributed by atoms with E-state index in [9.17, 15) is 0 Å². The molecule has 1 saturated heterocycles. The molecule has 5 heteroatoms. The Hall–Kier alpha value is -0.910. The third kappa shape index (κ3) is 3.54. The summed E-state index contributed by atoms with van der Waals surface area (Å²) >= 11 is 0. The Bertz CT molecular complexity index is 389. The molecule has 1 unspecified atom stereocenters. The lowest BCUT2D eigenvalue weighted by atomic mass is 10.1. The van der Waals surface area contributed by atoms with E-state index in [4.69, 9.17) is 13.9 Å². The number of aromatic nitrogens is 1. The number of methoxy groups -OCH3 is 1. The maximum Gasteiger partial charge on any atom is 0.208 e. The fourth-order valence-corrected chi connectivity index (χ4v) is 2.48. The number of nitrogens with zero attached hydrogens (tertiary/aromatic N) is 2. The van der Waals surface area contributed by atoms with Crippen molar-refractivity contribution in [2.75, 3.05) is 26.8 Å². The van der Waals surface area contributed by atoms with Gasteiger partial charge in [-0.05, 0) is 20.8 Å². The first-order chi connectivity index (χ1) is 8.48. The smallest absolute Gasteiger partial charge is 0.208 e. The third-order valence-electron chi connectivity index (χ3n) is 2.93. The number of hydrogen-bond acceptors (Lipinski definition) is 5. The van der Waals surface area contributed by atoms with Gasteiger partial charge in [-0.1, -0.05) is 0 Å². The second-order valence-electron chi connectivity index (χ2n) is 5.49. The first-order valence-corrected chi connectivity index (χ1v) is 6.29. The number of oxazole rings is 1. The monoisotopic (exact) mass is 254 g/mol. The molecule has 1 aromatic rings. The zero-order chi connectivity index (χ0) is 13.2. The van der Waals surface area contributed by atoms with Gasteiger partial charge in [0, 0.05) is 20.2 Å². The molecule has 5 nitrogen and oxygen atoms in total. The van der Waals surface area contributed by atoms with Crippen LogP contribution in [0, 0.1) is 6.92 Å². The van der Waals surface area contributed by atoms with Crippen LogP contribution >= 0.6 is 0 Å². The van der Waals surface area contributed by atoms with E-state index in [1.807, 2.05) is 6.92 Å². The highest BCUT2D eigenvalue weighted by Gasteiger charge is 2.33. The van der Waals surface area contributed by atoms with E-state index in [0.717, 1.165) is 31.3 Å². The zero-order valence-electron chi connectivity index (χ0n) is 11.6. The maximum absolute atomic E-state index is 5.97. The summed E-state index contributed by atoms with van der Waals surface area (Å²) in [5, 5.41) is 0. The molecule has 18 heavy (non-hydrogen) atoms. The molecule has 1 fully saturated rings. The molecule has 0 bridgehead atoms. The normalized spacial score (nSPS) is 24.3. The van der Waals surface area contributed by atoms with Gasteiger partial charge in [0.25, 0.3) is 0 Å². The predicted octanol–water partition coefficient (Wildman–Crippen LogP) is 1.61. The Labute approximate surface area is 108 Å². The van der Waals surface area contributed by atoms with Crippen molar-refractivity contribution in [2.45, 2.75) is 39.0 Å². The van der Waals surface area contributed by atoms with Gasteiger partial charge >= 0.3 is 0 Å². The predicted molar refractivity (Wildman–Crippen MR) is 67.3 cm³/mol. The lowest BCUT2D eigenvalue weighted by molar-refractivity contribution is -0.155. The van der Waals surface area contributed by atoms with Crippen molar-refractivity contribution >= 4 is 0 Å².